The van der Waals surface area contributed by atoms with Crippen LogP contribution in [-0.2, 0) is 17.7 Å². The van der Waals surface area contributed by atoms with Gasteiger partial charge in [-0.15, -0.1) is 0 Å². The number of aromatic nitrogens is 2. The van der Waals surface area contributed by atoms with E-state index >= 15 is 0 Å². The lowest BCUT2D eigenvalue weighted by Crippen LogP contribution is -2.28. The van der Waals surface area contributed by atoms with Crippen LogP contribution in [0.4, 0.5) is 5.69 Å². The molecule has 0 unspecified atom stereocenters. The van der Waals surface area contributed by atoms with Gasteiger partial charge >= 0.3 is 0 Å². The van der Waals surface area contributed by atoms with Crippen LogP contribution in [0.5, 0.6) is 0 Å². The number of fused-ring (bicyclic) bond motifs is 1. The van der Waals surface area contributed by atoms with Gasteiger partial charge in [0.2, 0.25) is 0 Å². The Kier molecular flexibility index (Phi) is 6.46. The van der Waals surface area contributed by atoms with Crippen molar-refractivity contribution in [2.24, 2.45) is 0 Å². The van der Waals surface area contributed by atoms with Gasteiger partial charge in [0.1, 0.15) is 5.69 Å². The summed E-state index contributed by atoms with van der Waals surface area (Å²) in [6, 6.07) is 7.81. The number of hydrogen-bond donors (Lipinski definition) is 2. The molecule has 150 valence electrons. The largest absolute Gasteiger partial charge is 0.383 e. The van der Waals surface area contributed by atoms with E-state index in [2.05, 4.69) is 29.5 Å². The Morgan fingerprint density at radius 3 is 2.61 bits per heavy atom. The molecule has 0 radical (unpaired) electrons. The van der Waals surface area contributed by atoms with E-state index in [1.807, 2.05) is 28.8 Å². The molecule has 7 heteroatoms. The van der Waals surface area contributed by atoms with E-state index in [0.29, 0.717) is 42.8 Å². The van der Waals surface area contributed by atoms with E-state index in [0.717, 1.165) is 25.0 Å². The molecule has 2 N–H and O–H groups in total. The van der Waals surface area contributed by atoms with Crippen molar-refractivity contribution in [3.8, 4) is 0 Å². The first-order chi connectivity index (χ1) is 13.5. The highest BCUT2D eigenvalue weighted by molar-refractivity contribution is 6.03. The number of ether oxygens (including phenoxy) is 1. The van der Waals surface area contributed by atoms with E-state index in [9.17, 15) is 9.59 Å². The molecule has 0 bridgehead atoms. The minimum Gasteiger partial charge on any atom is -0.383 e. The summed E-state index contributed by atoms with van der Waals surface area (Å²) in [6.45, 7) is 5.79. The van der Waals surface area contributed by atoms with Crippen LogP contribution >= 0.6 is 0 Å². The highest BCUT2D eigenvalue weighted by atomic mass is 16.5. The number of hydrogen-bond acceptors (Lipinski definition) is 4. The molecule has 0 fully saturated rings. The van der Waals surface area contributed by atoms with Gasteiger partial charge in [0.15, 0.2) is 5.82 Å². The first kappa shape index (κ1) is 20.1. The second-order valence-electron chi connectivity index (χ2n) is 7.32. The number of methoxy groups -OCH3 is 1. The molecule has 0 aliphatic carbocycles. The van der Waals surface area contributed by atoms with Crippen LogP contribution in [0.25, 0.3) is 0 Å². The second kappa shape index (κ2) is 9.01. The molecule has 7 nitrogen and oxygen atoms in total. The molecule has 1 aromatic heterocycles. The maximum absolute atomic E-state index is 12.9. The van der Waals surface area contributed by atoms with Gasteiger partial charge in [0.05, 0.1) is 12.3 Å². The quantitative estimate of drug-likeness (QED) is 0.719. The minimum absolute atomic E-state index is 0.261. The maximum atomic E-state index is 12.9. The lowest BCUT2D eigenvalue weighted by molar-refractivity contribution is 0.0931. The van der Waals surface area contributed by atoms with Crippen molar-refractivity contribution in [1.29, 1.82) is 0 Å². The van der Waals surface area contributed by atoms with Gasteiger partial charge in [-0.1, -0.05) is 26.0 Å². The molecule has 1 aromatic carbocycles. The number of anilines is 1. The molecular weight excluding hydrogens is 356 g/mol. The van der Waals surface area contributed by atoms with Gasteiger partial charge in [-0.2, -0.15) is 0 Å². The van der Waals surface area contributed by atoms with Gasteiger partial charge in [0.25, 0.3) is 11.8 Å². The number of amides is 2. The van der Waals surface area contributed by atoms with Crippen LogP contribution in [0.1, 0.15) is 65.0 Å². The first-order valence-electron chi connectivity index (χ1n) is 9.79. The summed E-state index contributed by atoms with van der Waals surface area (Å²) in [5.74, 6) is 0.169. The fourth-order valence-corrected chi connectivity index (χ4v) is 3.39. The minimum atomic E-state index is -0.295. The van der Waals surface area contributed by atoms with Gasteiger partial charge < -0.3 is 19.9 Å². The molecular formula is C21H28N4O3. The third-order valence-corrected chi connectivity index (χ3v) is 4.96. The number of benzene rings is 1. The summed E-state index contributed by atoms with van der Waals surface area (Å²) in [7, 11) is 1.58. The number of nitrogens with one attached hydrogen (secondary N) is 2. The zero-order chi connectivity index (χ0) is 20.1. The molecule has 2 amide bonds. The van der Waals surface area contributed by atoms with Crippen molar-refractivity contribution < 1.29 is 14.3 Å². The summed E-state index contributed by atoms with van der Waals surface area (Å²) in [5, 5.41) is 5.70. The zero-order valence-corrected chi connectivity index (χ0v) is 16.7. The van der Waals surface area contributed by atoms with Crippen LogP contribution in [0.3, 0.4) is 0 Å². The van der Waals surface area contributed by atoms with Gasteiger partial charge in [-0.3, -0.25) is 9.59 Å². The summed E-state index contributed by atoms with van der Waals surface area (Å²) < 4.78 is 6.85. The molecule has 0 saturated heterocycles. The molecule has 0 atom stereocenters. The Bertz CT molecular complexity index is 840. The number of carbonyl (C=O) groups is 2. The molecule has 2 aromatic rings. The number of rotatable bonds is 7. The molecule has 1 aliphatic rings. The Labute approximate surface area is 165 Å². The van der Waals surface area contributed by atoms with Crippen molar-refractivity contribution in [3.05, 3.63) is 47.0 Å². The summed E-state index contributed by atoms with van der Waals surface area (Å²) in [4.78, 5) is 29.8. The van der Waals surface area contributed by atoms with Crippen molar-refractivity contribution in [2.45, 2.75) is 45.6 Å². The Balaban J connectivity index is 1.80. The fraction of sp³-hybridized carbons (Fsp3) is 0.476. The SMILES string of the molecule is COCCNC(=O)c1nc(C(=O)Nc2ccc(C(C)C)cc2)n2c1CCCC2. The highest BCUT2D eigenvalue weighted by Crippen LogP contribution is 2.22. The smallest absolute Gasteiger partial charge is 0.291 e. The molecule has 1 aliphatic heterocycles. The van der Waals surface area contributed by atoms with Crippen molar-refractivity contribution in [2.75, 3.05) is 25.6 Å². The van der Waals surface area contributed by atoms with Crippen molar-refractivity contribution >= 4 is 17.5 Å². The Morgan fingerprint density at radius 1 is 1.18 bits per heavy atom. The summed E-state index contributed by atoms with van der Waals surface area (Å²) in [5.41, 5.74) is 3.11. The predicted octanol–water partition coefficient (Wildman–Crippen LogP) is 2.97. The van der Waals surface area contributed by atoms with Gasteiger partial charge in [-0.05, 0) is 42.9 Å². The van der Waals surface area contributed by atoms with Crippen LogP contribution < -0.4 is 10.6 Å². The van der Waals surface area contributed by atoms with Gasteiger partial charge in [-0.25, -0.2) is 4.98 Å². The van der Waals surface area contributed by atoms with Crippen LogP contribution in [0, 0.1) is 0 Å². The van der Waals surface area contributed by atoms with Crippen LogP contribution in [0.15, 0.2) is 24.3 Å². The maximum Gasteiger partial charge on any atom is 0.291 e. The average molecular weight is 384 g/mol. The second-order valence-corrected chi connectivity index (χ2v) is 7.32. The van der Waals surface area contributed by atoms with Crippen molar-refractivity contribution in [1.82, 2.24) is 14.9 Å². The molecule has 2 heterocycles. The third kappa shape index (κ3) is 4.42. The lowest BCUT2D eigenvalue weighted by atomic mass is 10.0. The number of carbonyl (C=O) groups excluding carboxylic acids is 2. The van der Waals surface area contributed by atoms with E-state index in [1.165, 1.54) is 5.56 Å². The van der Waals surface area contributed by atoms with E-state index in [1.54, 1.807) is 7.11 Å². The molecule has 3 rings (SSSR count). The topological polar surface area (TPSA) is 85.2 Å². The predicted molar refractivity (Wildman–Crippen MR) is 108 cm³/mol. The third-order valence-electron chi connectivity index (χ3n) is 4.96. The fourth-order valence-electron chi connectivity index (χ4n) is 3.39. The summed E-state index contributed by atoms with van der Waals surface area (Å²) in [6.07, 6.45) is 2.70. The monoisotopic (exact) mass is 384 g/mol. The lowest BCUT2D eigenvalue weighted by Gasteiger charge is -2.17. The number of imidazole rings is 1. The average Bonchev–Trinajstić information content (AvgIpc) is 3.08. The number of nitrogens with zero attached hydrogens (tertiary/aromatic N) is 2. The highest BCUT2D eigenvalue weighted by Gasteiger charge is 2.27. The summed E-state index contributed by atoms with van der Waals surface area (Å²) >= 11 is 0. The van der Waals surface area contributed by atoms with E-state index in [-0.39, 0.29) is 11.8 Å². The van der Waals surface area contributed by atoms with Crippen molar-refractivity contribution in [3.63, 3.8) is 0 Å². The Hall–Kier alpha value is -2.67. The van der Waals surface area contributed by atoms with E-state index in [4.69, 9.17) is 4.74 Å². The van der Waals surface area contributed by atoms with E-state index < -0.39 is 0 Å². The zero-order valence-electron chi connectivity index (χ0n) is 16.7. The first-order valence-corrected chi connectivity index (χ1v) is 9.79. The van der Waals surface area contributed by atoms with Crippen LogP contribution in [-0.4, -0.2) is 41.6 Å². The molecule has 0 spiro atoms. The Morgan fingerprint density at radius 2 is 1.93 bits per heavy atom. The molecule has 28 heavy (non-hydrogen) atoms. The van der Waals surface area contributed by atoms with Gasteiger partial charge in [0, 0.05) is 25.9 Å². The normalized spacial score (nSPS) is 13.3. The standard InChI is InChI=1S/C21H28N4O3/c1-14(2)15-7-9-16(10-8-15)23-21(27)19-24-18(20(26)22-11-13-28-3)17-6-4-5-12-25(17)19/h7-10,14H,4-6,11-13H2,1-3H3,(H,22,26)(H,23,27). The van der Waals surface area contributed by atoms with Crippen LogP contribution in [0.2, 0.25) is 0 Å². The molecule has 0 saturated carbocycles.